The number of hydrogen-bond donors (Lipinski definition) is 1. The van der Waals surface area contributed by atoms with Crippen LogP contribution in [0.1, 0.15) is 24.8 Å². The van der Waals surface area contributed by atoms with Crippen molar-refractivity contribution in [2.75, 3.05) is 6.61 Å². The van der Waals surface area contributed by atoms with Gasteiger partial charge < -0.3 is 10.1 Å². The quantitative estimate of drug-likeness (QED) is 0.822. The van der Waals surface area contributed by atoms with Gasteiger partial charge in [0.15, 0.2) is 0 Å². The first-order valence-corrected chi connectivity index (χ1v) is 5.24. The van der Waals surface area contributed by atoms with Crippen molar-refractivity contribution in [1.29, 1.82) is 0 Å². The van der Waals surface area contributed by atoms with Gasteiger partial charge in [0.25, 0.3) is 0 Å². The third-order valence-corrected chi connectivity index (χ3v) is 2.74. The van der Waals surface area contributed by atoms with Gasteiger partial charge >= 0.3 is 6.09 Å². The lowest BCUT2D eigenvalue weighted by Crippen LogP contribution is -2.27. The van der Waals surface area contributed by atoms with Gasteiger partial charge in [0, 0.05) is 0 Å². The van der Waals surface area contributed by atoms with Gasteiger partial charge in [-0.1, -0.05) is 37.3 Å². The number of cyclic esters (lactones) is 1. The lowest BCUT2D eigenvalue weighted by atomic mass is 9.94. The summed E-state index contributed by atoms with van der Waals surface area (Å²) in [5.74, 6) is 0.443. The summed E-state index contributed by atoms with van der Waals surface area (Å²) in [7, 11) is 0. The first kappa shape index (κ1) is 10.0. The Morgan fingerprint density at radius 1 is 1.47 bits per heavy atom. The summed E-state index contributed by atoms with van der Waals surface area (Å²) in [6.45, 7) is 2.66. The van der Waals surface area contributed by atoms with Crippen LogP contribution in [0.4, 0.5) is 4.79 Å². The molecule has 0 aliphatic carbocycles. The van der Waals surface area contributed by atoms with Crippen LogP contribution in [0.25, 0.3) is 0 Å². The topological polar surface area (TPSA) is 38.3 Å². The fraction of sp³-hybridized carbons (Fsp3) is 0.417. The molecule has 1 aliphatic rings. The van der Waals surface area contributed by atoms with E-state index in [1.807, 2.05) is 18.2 Å². The zero-order chi connectivity index (χ0) is 10.7. The molecule has 0 radical (unpaired) electrons. The number of hydrogen-bond acceptors (Lipinski definition) is 2. The van der Waals surface area contributed by atoms with Crippen molar-refractivity contribution in [3.63, 3.8) is 0 Å². The Balaban J connectivity index is 1.92. The minimum atomic E-state index is -0.291. The third-order valence-electron chi connectivity index (χ3n) is 2.74. The Hall–Kier alpha value is -1.51. The maximum Gasteiger partial charge on any atom is 0.407 e. The molecule has 1 heterocycles. The molecule has 0 bridgehead atoms. The molecule has 3 nitrogen and oxygen atoms in total. The van der Waals surface area contributed by atoms with Gasteiger partial charge in [0.05, 0.1) is 6.04 Å². The number of ether oxygens (including phenoxy) is 1. The summed E-state index contributed by atoms with van der Waals surface area (Å²) in [6.07, 6.45) is 0.635. The van der Waals surface area contributed by atoms with E-state index in [0.717, 1.165) is 6.42 Å². The van der Waals surface area contributed by atoms with Crippen molar-refractivity contribution >= 4 is 6.09 Å². The Morgan fingerprint density at radius 3 is 2.80 bits per heavy atom. The van der Waals surface area contributed by atoms with Crippen LogP contribution in [0.3, 0.4) is 0 Å². The Morgan fingerprint density at radius 2 is 2.20 bits per heavy atom. The highest BCUT2D eigenvalue weighted by atomic mass is 16.6. The molecule has 0 saturated carbocycles. The van der Waals surface area contributed by atoms with E-state index in [-0.39, 0.29) is 12.1 Å². The van der Waals surface area contributed by atoms with E-state index in [9.17, 15) is 4.79 Å². The zero-order valence-electron chi connectivity index (χ0n) is 8.77. The molecular formula is C12H15NO2. The molecule has 15 heavy (non-hydrogen) atoms. The summed E-state index contributed by atoms with van der Waals surface area (Å²) in [6, 6.07) is 10.5. The molecule has 2 unspecified atom stereocenters. The van der Waals surface area contributed by atoms with Gasteiger partial charge in [0.2, 0.25) is 0 Å². The predicted molar refractivity (Wildman–Crippen MR) is 57.7 cm³/mol. The highest BCUT2D eigenvalue weighted by Gasteiger charge is 2.24. The molecule has 1 aliphatic heterocycles. The normalized spacial score (nSPS) is 21.9. The van der Waals surface area contributed by atoms with Gasteiger partial charge in [-0.05, 0) is 17.9 Å². The fourth-order valence-electron chi connectivity index (χ4n) is 1.90. The summed E-state index contributed by atoms with van der Waals surface area (Å²) in [5.41, 5.74) is 1.30. The number of rotatable bonds is 3. The van der Waals surface area contributed by atoms with Crippen LogP contribution in [0.15, 0.2) is 30.3 Å². The predicted octanol–water partition coefficient (Wildman–Crippen LogP) is 2.29. The molecule has 1 N–H and O–H groups in total. The zero-order valence-corrected chi connectivity index (χ0v) is 8.77. The number of benzene rings is 1. The van der Waals surface area contributed by atoms with Crippen LogP contribution in [-0.2, 0) is 4.74 Å². The molecule has 80 valence electrons. The molecule has 0 aromatic heterocycles. The number of carbonyl (C=O) groups excluding carboxylic acids is 1. The van der Waals surface area contributed by atoms with E-state index >= 15 is 0 Å². The molecule has 3 heteroatoms. The number of alkyl carbamates (subject to hydrolysis) is 1. The lowest BCUT2D eigenvalue weighted by molar-refractivity contribution is 0.176. The van der Waals surface area contributed by atoms with Gasteiger partial charge in [-0.2, -0.15) is 0 Å². The van der Waals surface area contributed by atoms with Crippen molar-refractivity contribution in [2.45, 2.75) is 25.3 Å². The summed E-state index contributed by atoms with van der Waals surface area (Å²) < 4.78 is 4.85. The van der Waals surface area contributed by atoms with Crippen LogP contribution in [0.5, 0.6) is 0 Å². The molecule has 1 aromatic carbocycles. The van der Waals surface area contributed by atoms with E-state index in [2.05, 4.69) is 24.4 Å². The van der Waals surface area contributed by atoms with Crippen LogP contribution >= 0.6 is 0 Å². The first-order chi connectivity index (χ1) is 7.25. The monoisotopic (exact) mass is 205 g/mol. The minimum absolute atomic E-state index is 0.160. The van der Waals surface area contributed by atoms with E-state index in [4.69, 9.17) is 4.74 Å². The third kappa shape index (κ3) is 2.49. The maximum absolute atomic E-state index is 10.8. The van der Waals surface area contributed by atoms with Gasteiger partial charge in [0.1, 0.15) is 6.61 Å². The molecule has 0 spiro atoms. The number of amides is 1. The second-order valence-electron chi connectivity index (χ2n) is 3.99. The average molecular weight is 205 g/mol. The van der Waals surface area contributed by atoms with Crippen LogP contribution < -0.4 is 5.32 Å². The smallest absolute Gasteiger partial charge is 0.407 e. The van der Waals surface area contributed by atoms with Crippen molar-refractivity contribution in [3.8, 4) is 0 Å². The van der Waals surface area contributed by atoms with Crippen molar-refractivity contribution in [1.82, 2.24) is 5.32 Å². The van der Waals surface area contributed by atoms with Crippen molar-refractivity contribution in [3.05, 3.63) is 35.9 Å². The van der Waals surface area contributed by atoms with Crippen molar-refractivity contribution < 1.29 is 9.53 Å². The van der Waals surface area contributed by atoms with E-state index < -0.39 is 0 Å². The van der Waals surface area contributed by atoms with Crippen LogP contribution in [0.2, 0.25) is 0 Å². The Bertz CT molecular complexity index is 337. The number of nitrogens with one attached hydrogen (secondary N) is 1. The largest absolute Gasteiger partial charge is 0.447 e. The number of carbonyl (C=O) groups is 1. The van der Waals surface area contributed by atoms with Crippen molar-refractivity contribution in [2.24, 2.45) is 0 Å². The second-order valence-corrected chi connectivity index (χ2v) is 3.99. The SMILES string of the molecule is CC(CC1COC(=O)N1)c1ccccc1. The lowest BCUT2D eigenvalue weighted by Gasteiger charge is -2.14. The van der Waals surface area contributed by atoms with Gasteiger partial charge in [-0.3, -0.25) is 0 Å². The van der Waals surface area contributed by atoms with Gasteiger partial charge in [-0.15, -0.1) is 0 Å². The molecule has 1 amide bonds. The molecule has 1 aromatic rings. The van der Waals surface area contributed by atoms with Crippen LogP contribution in [-0.4, -0.2) is 18.7 Å². The Labute approximate surface area is 89.4 Å². The highest BCUT2D eigenvalue weighted by molar-refractivity contribution is 5.69. The van der Waals surface area contributed by atoms with E-state index in [1.54, 1.807) is 0 Å². The summed E-state index contributed by atoms with van der Waals surface area (Å²) in [5, 5.41) is 2.79. The van der Waals surface area contributed by atoms with Gasteiger partial charge in [-0.25, -0.2) is 4.79 Å². The molecule has 1 fully saturated rings. The highest BCUT2D eigenvalue weighted by Crippen LogP contribution is 2.21. The first-order valence-electron chi connectivity index (χ1n) is 5.24. The van der Waals surface area contributed by atoms with E-state index in [1.165, 1.54) is 5.56 Å². The molecular weight excluding hydrogens is 190 g/mol. The molecule has 2 atom stereocenters. The molecule has 1 saturated heterocycles. The Kier molecular flexibility index (Phi) is 2.90. The summed E-state index contributed by atoms with van der Waals surface area (Å²) >= 11 is 0. The van der Waals surface area contributed by atoms with E-state index in [0.29, 0.717) is 12.5 Å². The molecule has 2 rings (SSSR count). The average Bonchev–Trinajstić information content (AvgIpc) is 2.65. The minimum Gasteiger partial charge on any atom is -0.447 e. The maximum atomic E-state index is 10.8. The summed E-state index contributed by atoms with van der Waals surface area (Å²) in [4.78, 5) is 10.8. The standard InChI is InChI=1S/C12H15NO2/c1-9(10-5-3-2-4-6-10)7-11-8-15-12(14)13-11/h2-6,9,11H,7-8H2,1H3,(H,13,14). The van der Waals surface area contributed by atoms with Crippen LogP contribution in [0, 0.1) is 0 Å². The second kappa shape index (κ2) is 4.34. The fourth-order valence-corrected chi connectivity index (χ4v) is 1.90.